The molecule has 0 aliphatic heterocycles. The van der Waals surface area contributed by atoms with E-state index < -0.39 is 15.1 Å². The van der Waals surface area contributed by atoms with Gasteiger partial charge in [0.15, 0.2) is 9.84 Å². The molecule has 0 radical (unpaired) electrons. The highest BCUT2D eigenvalue weighted by Crippen LogP contribution is 2.53. The molecule has 1 aliphatic carbocycles. The van der Waals surface area contributed by atoms with Crippen LogP contribution in [-0.2, 0) is 9.84 Å². The summed E-state index contributed by atoms with van der Waals surface area (Å²) in [5.41, 5.74) is 0.921. The number of ether oxygens (including phenoxy) is 1. The lowest BCUT2D eigenvalue weighted by Gasteiger charge is -2.05. The normalized spacial score (nSPS) is 24.0. The summed E-state index contributed by atoms with van der Waals surface area (Å²) in [5, 5.41) is 8.97. The first-order valence-electron chi connectivity index (χ1n) is 7.13. The summed E-state index contributed by atoms with van der Waals surface area (Å²) in [5.74, 6) is 0.312. The molecule has 4 nitrogen and oxygen atoms in total. The standard InChI is InChI=1S/C17H18O4S/c1-21-13-9-7-12(8-10-13)16-15(11-18)17(16)22(19,20)14-5-3-2-4-6-14/h2-10,15-18H,11H2,1H3/t15-,16+,17+/m1/s1. The minimum absolute atomic E-state index is 0.132. The van der Waals surface area contributed by atoms with Gasteiger partial charge in [0.05, 0.1) is 17.3 Å². The molecule has 1 fully saturated rings. The van der Waals surface area contributed by atoms with E-state index in [0.29, 0.717) is 4.90 Å². The van der Waals surface area contributed by atoms with Crippen molar-refractivity contribution in [2.75, 3.05) is 13.7 Å². The van der Waals surface area contributed by atoms with Crippen molar-refractivity contribution in [2.45, 2.75) is 16.1 Å². The first-order valence-corrected chi connectivity index (χ1v) is 8.68. The second kappa shape index (κ2) is 5.74. The number of methoxy groups -OCH3 is 1. The molecule has 22 heavy (non-hydrogen) atoms. The molecule has 0 amide bonds. The van der Waals surface area contributed by atoms with Gasteiger partial charge < -0.3 is 9.84 Å². The Morgan fingerprint density at radius 2 is 1.68 bits per heavy atom. The van der Waals surface area contributed by atoms with E-state index >= 15 is 0 Å². The van der Waals surface area contributed by atoms with Crippen LogP contribution in [0.4, 0.5) is 0 Å². The van der Waals surface area contributed by atoms with Gasteiger partial charge in [-0.3, -0.25) is 0 Å². The molecule has 0 heterocycles. The minimum atomic E-state index is -3.43. The molecule has 3 rings (SSSR count). The molecule has 0 aromatic heterocycles. The highest BCUT2D eigenvalue weighted by molar-refractivity contribution is 7.92. The van der Waals surface area contributed by atoms with E-state index in [4.69, 9.17) is 4.74 Å². The summed E-state index contributed by atoms with van der Waals surface area (Å²) in [4.78, 5) is 0.314. The largest absolute Gasteiger partial charge is 0.497 e. The fraction of sp³-hybridized carbons (Fsp3) is 0.294. The Kier molecular flexibility index (Phi) is 3.93. The van der Waals surface area contributed by atoms with Crippen LogP contribution in [-0.4, -0.2) is 32.5 Å². The maximum absolute atomic E-state index is 12.7. The summed E-state index contributed by atoms with van der Waals surface area (Å²) < 4.78 is 30.6. The molecule has 3 atom stereocenters. The van der Waals surface area contributed by atoms with Gasteiger partial charge in [0.25, 0.3) is 0 Å². The fourth-order valence-electron chi connectivity index (χ4n) is 3.01. The molecule has 0 bridgehead atoms. The SMILES string of the molecule is COc1ccc([C@H]2[C@@H](CO)[C@@H]2S(=O)(=O)c2ccccc2)cc1. The average Bonchev–Trinajstić information content (AvgIpc) is 3.31. The van der Waals surface area contributed by atoms with Crippen molar-refractivity contribution >= 4 is 9.84 Å². The fourth-order valence-corrected chi connectivity index (χ4v) is 5.23. The van der Waals surface area contributed by atoms with Gasteiger partial charge in [0.1, 0.15) is 5.75 Å². The van der Waals surface area contributed by atoms with Gasteiger partial charge in [-0.15, -0.1) is 0 Å². The van der Waals surface area contributed by atoms with Crippen LogP contribution in [0.2, 0.25) is 0 Å². The number of hydrogen-bond acceptors (Lipinski definition) is 4. The van der Waals surface area contributed by atoms with E-state index in [1.54, 1.807) is 37.4 Å². The van der Waals surface area contributed by atoms with Gasteiger partial charge in [0, 0.05) is 18.4 Å². The lowest BCUT2D eigenvalue weighted by Crippen LogP contribution is -2.11. The van der Waals surface area contributed by atoms with Crippen molar-refractivity contribution in [3.8, 4) is 5.75 Å². The number of rotatable bonds is 5. The van der Waals surface area contributed by atoms with Gasteiger partial charge in [-0.1, -0.05) is 30.3 Å². The molecule has 0 saturated heterocycles. The Balaban J connectivity index is 1.91. The predicted octanol–water partition coefficient (Wildman–Crippen LogP) is 2.24. The van der Waals surface area contributed by atoms with Crippen LogP contribution in [0.15, 0.2) is 59.5 Å². The smallest absolute Gasteiger partial charge is 0.182 e. The Morgan fingerprint density at radius 3 is 2.23 bits per heavy atom. The number of benzene rings is 2. The van der Waals surface area contributed by atoms with E-state index in [9.17, 15) is 13.5 Å². The number of sulfone groups is 1. The molecular formula is C17H18O4S. The number of aliphatic hydroxyl groups is 1. The van der Waals surface area contributed by atoms with Crippen molar-refractivity contribution in [1.82, 2.24) is 0 Å². The topological polar surface area (TPSA) is 63.6 Å². The van der Waals surface area contributed by atoms with Crippen LogP contribution < -0.4 is 4.74 Å². The Morgan fingerprint density at radius 1 is 1.05 bits per heavy atom. The van der Waals surface area contributed by atoms with Crippen LogP contribution in [0.1, 0.15) is 11.5 Å². The summed E-state index contributed by atoms with van der Waals surface area (Å²) in [7, 11) is -1.84. The number of aliphatic hydroxyl groups excluding tert-OH is 1. The first kappa shape index (κ1) is 15.1. The van der Waals surface area contributed by atoms with Crippen molar-refractivity contribution < 1.29 is 18.3 Å². The Hall–Kier alpha value is -1.85. The highest BCUT2D eigenvalue weighted by atomic mass is 32.2. The van der Waals surface area contributed by atoms with Gasteiger partial charge in [-0.2, -0.15) is 0 Å². The molecule has 0 spiro atoms. The summed E-state index contributed by atoms with van der Waals surface area (Å²) >= 11 is 0. The van der Waals surface area contributed by atoms with Crippen LogP contribution in [0.5, 0.6) is 5.75 Å². The molecule has 2 aromatic carbocycles. The third kappa shape index (κ3) is 2.51. The van der Waals surface area contributed by atoms with Gasteiger partial charge in [0.2, 0.25) is 0 Å². The maximum Gasteiger partial charge on any atom is 0.182 e. The van der Waals surface area contributed by atoms with E-state index in [1.165, 1.54) is 0 Å². The van der Waals surface area contributed by atoms with Crippen LogP contribution in [0.25, 0.3) is 0 Å². The Labute approximate surface area is 130 Å². The molecule has 1 saturated carbocycles. The zero-order chi connectivity index (χ0) is 15.7. The monoisotopic (exact) mass is 318 g/mol. The second-order valence-electron chi connectivity index (χ2n) is 5.47. The molecule has 1 aliphatic rings. The molecule has 1 N–H and O–H groups in total. The van der Waals surface area contributed by atoms with Crippen molar-refractivity contribution in [3.05, 3.63) is 60.2 Å². The molecule has 0 unspecified atom stereocenters. The summed E-state index contributed by atoms with van der Waals surface area (Å²) in [6, 6.07) is 15.8. The minimum Gasteiger partial charge on any atom is -0.497 e. The van der Waals surface area contributed by atoms with Crippen molar-refractivity contribution in [1.29, 1.82) is 0 Å². The van der Waals surface area contributed by atoms with E-state index in [0.717, 1.165) is 11.3 Å². The third-order valence-corrected chi connectivity index (χ3v) is 6.53. The second-order valence-corrected chi connectivity index (χ2v) is 7.57. The van der Waals surface area contributed by atoms with Crippen LogP contribution in [0, 0.1) is 5.92 Å². The van der Waals surface area contributed by atoms with Crippen LogP contribution >= 0.6 is 0 Å². The summed E-state index contributed by atoms with van der Waals surface area (Å²) in [6.45, 7) is -0.132. The van der Waals surface area contributed by atoms with E-state index in [1.807, 2.05) is 24.3 Å². The van der Waals surface area contributed by atoms with E-state index in [-0.39, 0.29) is 18.4 Å². The highest BCUT2D eigenvalue weighted by Gasteiger charge is 2.58. The van der Waals surface area contributed by atoms with Crippen molar-refractivity contribution in [2.24, 2.45) is 5.92 Å². The van der Waals surface area contributed by atoms with E-state index in [2.05, 4.69) is 0 Å². The molecule has 2 aromatic rings. The average molecular weight is 318 g/mol. The maximum atomic E-state index is 12.7. The zero-order valence-electron chi connectivity index (χ0n) is 12.2. The van der Waals surface area contributed by atoms with Crippen molar-refractivity contribution in [3.63, 3.8) is 0 Å². The number of hydrogen-bond donors (Lipinski definition) is 1. The quantitative estimate of drug-likeness (QED) is 0.918. The molecular weight excluding hydrogens is 300 g/mol. The lowest BCUT2D eigenvalue weighted by molar-refractivity contribution is 0.274. The first-order chi connectivity index (χ1) is 10.6. The lowest BCUT2D eigenvalue weighted by atomic mass is 10.1. The summed E-state index contributed by atoms with van der Waals surface area (Å²) in [6.07, 6.45) is 0. The van der Waals surface area contributed by atoms with Crippen LogP contribution in [0.3, 0.4) is 0 Å². The predicted molar refractivity (Wildman–Crippen MR) is 83.7 cm³/mol. The third-order valence-electron chi connectivity index (χ3n) is 4.24. The molecule has 116 valence electrons. The van der Waals surface area contributed by atoms with Gasteiger partial charge >= 0.3 is 0 Å². The zero-order valence-corrected chi connectivity index (χ0v) is 13.0. The molecule has 5 heteroatoms. The van der Waals surface area contributed by atoms with Gasteiger partial charge in [-0.25, -0.2) is 8.42 Å². The Bertz CT molecular complexity index is 738. The van der Waals surface area contributed by atoms with Gasteiger partial charge in [-0.05, 0) is 29.8 Å².